The second-order valence-corrected chi connectivity index (χ2v) is 10.2. The predicted molar refractivity (Wildman–Crippen MR) is 111 cm³/mol. The molecule has 1 amide bonds. The molecule has 0 aliphatic rings. The number of thiophene rings is 1. The highest BCUT2D eigenvalue weighted by atomic mass is 32.2. The number of primary sulfonamides is 1. The first-order chi connectivity index (χ1) is 13.0. The molecular weight excluding hydrogens is 396 g/mol. The maximum atomic E-state index is 12.7. The van der Waals surface area contributed by atoms with Gasteiger partial charge in [0, 0.05) is 16.9 Å². The summed E-state index contributed by atoms with van der Waals surface area (Å²) in [6.45, 7) is 8.10. The van der Waals surface area contributed by atoms with Crippen molar-refractivity contribution in [2.24, 2.45) is 5.14 Å². The largest absolute Gasteiger partial charge is 0.306 e. The summed E-state index contributed by atoms with van der Waals surface area (Å²) < 4.78 is 24.6. The van der Waals surface area contributed by atoms with E-state index in [0.717, 1.165) is 28.3 Å². The van der Waals surface area contributed by atoms with Gasteiger partial charge in [-0.2, -0.15) is 5.10 Å². The lowest BCUT2D eigenvalue weighted by Gasteiger charge is -2.14. The lowest BCUT2D eigenvalue weighted by atomic mass is 9.92. The molecule has 0 radical (unpaired) electrons. The molecule has 0 saturated heterocycles. The van der Waals surface area contributed by atoms with E-state index in [-0.39, 0.29) is 15.2 Å². The SMILES string of the molecule is Cc1ccccc1-n1nc(C(C)(C)C)cc1NC(=O)c1csc(S(N)(=O)=O)c1. The van der Waals surface area contributed by atoms with E-state index in [9.17, 15) is 13.2 Å². The molecule has 2 aromatic heterocycles. The van der Waals surface area contributed by atoms with Gasteiger partial charge in [0.2, 0.25) is 10.0 Å². The number of amides is 1. The predicted octanol–water partition coefficient (Wildman–Crippen LogP) is 3.44. The number of aromatic nitrogens is 2. The first-order valence-electron chi connectivity index (χ1n) is 8.56. The monoisotopic (exact) mass is 418 g/mol. The molecule has 28 heavy (non-hydrogen) atoms. The first kappa shape index (κ1) is 20.2. The van der Waals surface area contributed by atoms with Gasteiger partial charge in [-0.25, -0.2) is 18.2 Å². The first-order valence-corrected chi connectivity index (χ1v) is 11.0. The summed E-state index contributed by atoms with van der Waals surface area (Å²) in [5.41, 5.74) is 2.69. The van der Waals surface area contributed by atoms with Crippen LogP contribution in [0.1, 0.15) is 42.4 Å². The fraction of sp³-hybridized carbons (Fsp3) is 0.263. The van der Waals surface area contributed by atoms with E-state index in [0.29, 0.717) is 5.82 Å². The number of nitrogens with zero attached hydrogens (tertiary/aromatic N) is 2. The minimum Gasteiger partial charge on any atom is -0.306 e. The fourth-order valence-electron chi connectivity index (χ4n) is 2.59. The van der Waals surface area contributed by atoms with E-state index in [4.69, 9.17) is 10.2 Å². The van der Waals surface area contributed by atoms with Crippen molar-refractivity contribution in [2.75, 3.05) is 5.32 Å². The summed E-state index contributed by atoms with van der Waals surface area (Å²) >= 11 is 0.912. The quantitative estimate of drug-likeness (QED) is 0.677. The average Bonchev–Trinajstić information content (AvgIpc) is 3.21. The van der Waals surface area contributed by atoms with Gasteiger partial charge < -0.3 is 5.32 Å². The number of hydrogen-bond acceptors (Lipinski definition) is 5. The molecule has 0 spiro atoms. The molecule has 9 heteroatoms. The Morgan fingerprint density at radius 1 is 1.21 bits per heavy atom. The van der Waals surface area contributed by atoms with Crippen LogP contribution in [-0.2, 0) is 15.4 Å². The Kier molecular flexibility index (Phi) is 5.18. The van der Waals surface area contributed by atoms with Gasteiger partial charge in [0.1, 0.15) is 10.0 Å². The van der Waals surface area contributed by atoms with Crippen molar-refractivity contribution < 1.29 is 13.2 Å². The minimum atomic E-state index is -3.84. The summed E-state index contributed by atoms with van der Waals surface area (Å²) in [6, 6.07) is 10.8. The van der Waals surface area contributed by atoms with E-state index < -0.39 is 15.9 Å². The molecule has 148 valence electrons. The highest BCUT2D eigenvalue weighted by molar-refractivity contribution is 7.91. The van der Waals surface area contributed by atoms with Crippen LogP contribution < -0.4 is 10.5 Å². The van der Waals surface area contributed by atoms with Gasteiger partial charge in [0.15, 0.2) is 0 Å². The van der Waals surface area contributed by atoms with Crippen molar-refractivity contribution in [3.05, 3.63) is 58.6 Å². The number of benzene rings is 1. The second-order valence-electron chi connectivity index (χ2n) is 7.52. The molecule has 0 fully saturated rings. The molecule has 0 aliphatic heterocycles. The molecule has 3 N–H and O–H groups in total. The van der Waals surface area contributed by atoms with Crippen molar-refractivity contribution in [2.45, 2.75) is 37.3 Å². The molecular formula is C19H22N4O3S2. The van der Waals surface area contributed by atoms with Crippen LogP contribution in [0.4, 0.5) is 5.82 Å². The standard InChI is InChI=1S/C19H22N4O3S2/c1-12-7-5-6-8-14(12)23-16(10-15(22-23)19(2,3)4)21-18(24)13-9-17(27-11-13)28(20,25)26/h5-11H,1-4H3,(H,21,24)(H2,20,25,26). The zero-order chi connectivity index (χ0) is 20.7. The number of carbonyl (C=O) groups is 1. The zero-order valence-electron chi connectivity index (χ0n) is 16.1. The van der Waals surface area contributed by atoms with Gasteiger partial charge >= 0.3 is 0 Å². The van der Waals surface area contributed by atoms with Gasteiger partial charge in [0.25, 0.3) is 5.91 Å². The minimum absolute atomic E-state index is 0.0551. The highest BCUT2D eigenvalue weighted by Crippen LogP contribution is 2.28. The van der Waals surface area contributed by atoms with Gasteiger partial charge in [-0.05, 0) is 24.6 Å². The normalized spacial score (nSPS) is 12.2. The van der Waals surface area contributed by atoms with Crippen LogP contribution in [-0.4, -0.2) is 24.1 Å². The van der Waals surface area contributed by atoms with E-state index in [1.807, 2.05) is 58.0 Å². The van der Waals surface area contributed by atoms with Crippen LogP contribution in [0, 0.1) is 6.92 Å². The molecule has 7 nitrogen and oxygen atoms in total. The average molecular weight is 419 g/mol. The molecule has 0 saturated carbocycles. The van der Waals surface area contributed by atoms with Crippen LogP contribution >= 0.6 is 11.3 Å². The maximum Gasteiger partial charge on any atom is 0.257 e. The summed E-state index contributed by atoms with van der Waals surface area (Å²) in [4.78, 5) is 12.7. The Morgan fingerprint density at radius 3 is 2.46 bits per heavy atom. The van der Waals surface area contributed by atoms with Crippen LogP contribution in [0.3, 0.4) is 0 Å². The lowest BCUT2D eigenvalue weighted by molar-refractivity contribution is 0.102. The van der Waals surface area contributed by atoms with E-state index in [1.54, 1.807) is 4.68 Å². The van der Waals surface area contributed by atoms with Gasteiger partial charge in [-0.1, -0.05) is 39.0 Å². The Morgan fingerprint density at radius 2 is 1.89 bits per heavy atom. The second kappa shape index (κ2) is 7.16. The number of para-hydroxylation sites is 1. The van der Waals surface area contributed by atoms with Crippen molar-refractivity contribution in [1.29, 1.82) is 0 Å². The van der Waals surface area contributed by atoms with Gasteiger partial charge in [-0.15, -0.1) is 11.3 Å². The molecule has 0 unspecified atom stereocenters. The van der Waals surface area contributed by atoms with Crippen molar-refractivity contribution in [3.8, 4) is 5.69 Å². The third-order valence-electron chi connectivity index (χ3n) is 4.18. The van der Waals surface area contributed by atoms with Crippen LogP contribution in [0.2, 0.25) is 0 Å². The zero-order valence-corrected chi connectivity index (χ0v) is 17.7. The summed E-state index contributed by atoms with van der Waals surface area (Å²) in [5.74, 6) is 0.0777. The number of anilines is 1. The number of carbonyl (C=O) groups excluding carboxylic acids is 1. The highest BCUT2D eigenvalue weighted by Gasteiger charge is 2.23. The Bertz CT molecular complexity index is 1140. The maximum absolute atomic E-state index is 12.7. The lowest BCUT2D eigenvalue weighted by Crippen LogP contribution is -2.15. The fourth-order valence-corrected chi connectivity index (χ4v) is 4.18. The third kappa shape index (κ3) is 4.16. The Labute approximate surface area is 168 Å². The summed E-state index contributed by atoms with van der Waals surface area (Å²) in [7, 11) is -3.84. The summed E-state index contributed by atoms with van der Waals surface area (Å²) in [5, 5.41) is 14.1. The van der Waals surface area contributed by atoms with Crippen LogP contribution in [0.25, 0.3) is 5.69 Å². The van der Waals surface area contributed by atoms with Gasteiger partial charge in [-0.3, -0.25) is 4.79 Å². The number of sulfonamides is 1. The molecule has 0 aliphatic carbocycles. The Hall–Kier alpha value is -2.49. The number of aryl methyl sites for hydroxylation is 1. The number of nitrogens with one attached hydrogen (secondary N) is 1. The molecule has 1 aromatic carbocycles. The van der Waals surface area contributed by atoms with Crippen molar-refractivity contribution >= 4 is 33.1 Å². The molecule has 2 heterocycles. The van der Waals surface area contributed by atoms with Crippen LogP contribution in [0.15, 0.2) is 46.0 Å². The number of hydrogen-bond donors (Lipinski definition) is 2. The van der Waals surface area contributed by atoms with Gasteiger partial charge in [0.05, 0.1) is 16.9 Å². The van der Waals surface area contributed by atoms with E-state index in [1.165, 1.54) is 11.4 Å². The Balaban J connectivity index is 2.01. The van der Waals surface area contributed by atoms with Crippen LogP contribution in [0.5, 0.6) is 0 Å². The van der Waals surface area contributed by atoms with Crippen molar-refractivity contribution in [1.82, 2.24) is 9.78 Å². The molecule has 0 bridgehead atoms. The smallest absolute Gasteiger partial charge is 0.257 e. The molecule has 3 rings (SSSR count). The van der Waals surface area contributed by atoms with E-state index >= 15 is 0 Å². The van der Waals surface area contributed by atoms with Crippen molar-refractivity contribution in [3.63, 3.8) is 0 Å². The summed E-state index contributed by atoms with van der Waals surface area (Å²) in [6.07, 6.45) is 0. The van der Waals surface area contributed by atoms with E-state index in [2.05, 4.69) is 5.32 Å². The topological polar surface area (TPSA) is 107 Å². The number of nitrogens with two attached hydrogens (primary N) is 1. The number of rotatable bonds is 4. The third-order valence-corrected chi connectivity index (χ3v) is 6.57. The molecule has 3 aromatic rings. The molecule has 0 atom stereocenters.